The van der Waals surface area contributed by atoms with E-state index in [1.165, 1.54) is 49.5 Å². The summed E-state index contributed by atoms with van der Waals surface area (Å²) < 4.78 is 4.96. The van der Waals surface area contributed by atoms with Crippen LogP contribution >= 0.6 is 0 Å². The molecule has 0 radical (unpaired) electrons. The van der Waals surface area contributed by atoms with Gasteiger partial charge >= 0.3 is 0 Å². The Kier molecular flexibility index (Phi) is 3.92. The molecular weight excluding hydrogens is 288 g/mol. The Hall–Kier alpha value is -2.07. The highest BCUT2D eigenvalue weighted by molar-refractivity contribution is 6.04. The minimum Gasteiger partial charge on any atom is -0.472 e. The second-order valence-corrected chi connectivity index (χ2v) is 6.57. The molecule has 1 N–H and O–H groups in total. The number of furan rings is 1. The second-order valence-electron chi connectivity index (χ2n) is 6.57. The van der Waals surface area contributed by atoms with Gasteiger partial charge in [-0.25, -0.2) is 0 Å². The van der Waals surface area contributed by atoms with E-state index in [-0.39, 0.29) is 5.91 Å². The summed E-state index contributed by atoms with van der Waals surface area (Å²) in [4.78, 5) is 14.8. The molecular formula is C19H22N2O2. The first-order valence-corrected chi connectivity index (χ1v) is 8.49. The Morgan fingerprint density at radius 2 is 1.96 bits per heavy atom. The molecule has 1 aromatic carbocycles. The van der Waals surface area contributed by atoms with Crippen LogP contribution < -0.4 is 5.32 Å². The van der Waals surface area contributed by atoms with Crippen molar-refractivity contribution < 1.29 is 9.21 Å². The highest BCUT2D eigenvalue weighted by Crippen LogP contribution is 2.28. The Balaban J connectivity index is 1.46. The molecule has 0 bridgehead atoms. The van der Waals surface area contributed by atoms with Crippen molar-refractivity contribution in [3.63, 3.8) is 0 Å². The molecule has 1 saturated carbocycles. The summed E-state index contributed by atoms with van der Waals surface area (Å²) >= 11 is 0. The van der Waals surface area contributed by atoms with Crippen LogP contribution in [0.4, 0.5) is 5.69 Å². The van der Waals surface area contributed by atoms with Crippen LogP contribution in [0.5, 0.6) is 0 Å². The summed E-state index contributed by atoms with van der Waals surface area (Å²) in [6, 6.07) is 8.80. The van der Waals surface area contributed by atoms with Crippen LogP contribution in [0.15, 0.2) is 41.2 Å². The first kappa shape index (κ1) is 14.5. The number of amides is 1. The molecule has 2 aromatic rings. The third-order valence-electron chi connectivity index (χ3n) is 5.18. The van der Waals surface area contributed by atoms with E-state index in [4.69, 9.17) is 4.42 Å². The van der Waals surface area contributed by atoms with Crippen LogP contribution in [-0.2, 0) is 12.8 Å². The number of hydrogen-bond donors (Lipinski definition) is 1. The lowest BCUT2D eigenvalue weighted by molar-refractivity contribution is 0.102. The van der Waals surface area contributed by atoms with E-state index in [2.05, 4.69) is 22.3 Å². The van der Waals surface area contributed by atoms with Gasteiger partial charge < -0.3 is 9.73 Å². The predicted octanol–water partition coefficient (Wildman–Crippen LogP) is 3.49. The number of rotatable bonds is 3. The van der Waals surface area contributed by atoms with E-state index in [1.54, 1.807) is 6.07 Å². The van der Waals surface area contributed by atoms with Gasteiger partial charge in [-0.3, -0.25) is 9.69 Å². The van der Waals surface area contributed by atoms with E-state index in [9.17, 15) is 4.79 Å². The van der Waals surface area contributed by atoms with Gasteiger partial charge in [0.2, 0.25) is 0 Å². The molecule has 1 aromatic heterocycles. The van der Waals surface area contributed by atoms with E-state index >= 15 is 0 Å². The first-order valence-electron chi connectivity index (χ1n) is 8.49. The van der Waals surface area contributed by atoms with Crippen molar-refractivity contribution in [1.82, 2.24) is 4.90 Å². The number of nitrogens with one attached hydrogen (secondary N) is 1. The fourth-order valence-corrected chi connectivity index (χ4v) is 3.53. The summed E-state index contributed by atoms with van der Waals surface area (Å²) in [6.45, 7) is 2.30. The fraction of sp³-hybridized carbons (Fsp3) is 0.421. The van der Waals surface area contributed by atoms with E-state index < -0.39 is 0 Å². The highest BCUT2D eigenvalue weighted by Gasteiger charge is 2.26. The Morgan fingerprint density at radius 3 is 2.65 bits per heavy atom. The number of nitrogens with zero attached hydrogens (tertiary/aromatic N) is 1. The monoisotopic (exact) mass is 310 g/mol. The van der Waals surface area contributed by atoms with Crippen molar-refractivity contribution in [2.75, 3.05) is 18.4 Å². The predicted molar refractivity (Wildman–Crippen MR) is 89.7 cm³/mol. The standard InChI is InChI=1S/C19H22N2O2/c22-19(16-8-11-23-13-16)20-17-5-4-14-6-9-21(18-2-1-3-18)10-7-15(14)12-17/h4-5,8,11-13,18H,1-3,6-7,9-10H2,(H,20,22). The van der Waals surface area contributed by atoms with E-state index in [1.807, 2.05) is 6.07 Å². The molecule has 23 heavy (non-hydrogen) atoms. The molecule has 4 rings (SSSR count). The smallest absolute Gasteiger partial charge is 0.258 e. The molecule has 0 spiro atoms. The Morgan fingerprint density at radius 1 is 1.13 bits per heavy atom. The zero-order chi connectivity index (χ0) is 15.6. The Labute approximate surface area is 136 Å². The summed E-state index contributed by atoms with van der Waals surface area (Å²) in [5.41, 5.74) is 4.22. The number of hydrogen-bond acceptors (Lipinski definition) is 3. The SMILES string of the molecule is O=C(Nc1ccc2c(c1)CCN(C1CCC1)CC2)c1ccoc1. The van der Waals surface area contributed by atoms with Gasteiger partial charge in [0, 0.05) is 24.8 Å². The Bertz CT molecular complexity index is 689. The first-order chi connectivity index (χ1) is 11.3. The van der Waals surface area contributed by atoms with Crippen LogP contribution in [-0.4, -0.2) is 29.9 Å². The van der Waals surface area contributed by atoms with Gasteiger partial charge in [0.25, 0.3) is 5.91 Å². The summed E-state index contributed by atoms with van der Waals surface area (Å²) in [7, 11) is 0. The molecule has 2 heterocycles. The van der Waals surface area contributed by atoms with Crippen molar-refractivity contribution >= 4 is 11.6 Å². The molecule has 0 unspecified atom stereocenters. The summed E-state index contributed by atoms with van der Waals surface area (Å²) in [5, 5.41) is 2.96. The maximum Gasteiger partial charge on any atom is 0.258 e. The highest BCUT2D eigenvalue weighted by atomic mass is 16.3. The van der Waals surface area contributed by atoms with Crippen LogP contribution in [0.2, 0.25) is 0 Å². The number of benzene rings is 1. The molecule has 120 valence electrons. The summed E-state index contributed by atoms with van der Waals surface area (Å²) in [6.07, 6.45) is 9.28. The number of fused-ring (bicyclic) bond motifs is 1. The molecule has 1 aliphatic heterocycles. The normalized spacial score (nSPS) is 18.8. The maximum absolute atomic E-state index is 12.1. The van der Waals surface area contributed by atoms with Crippen molar-refractivity contribution in [2.45, 2.75) is 38.1 Å². The number of anilines is 1. The average molecular weight is 310 g/mol. The second kappa shape index (κ2) is 6.20. The zero-order valence-electron chi connectivity index (χ0n) is 13.3. The quantitative estimate of drug-likeness (QED) is 0.944. The lowest BCUT2D eigenvalue weighted by Gasteiger charge is -2.36. The van der Waals surface area contributed by atoms with Crippen LogP contribution in [0.1, 0.15) is 40.7 Å². The topological polar surface area (TPSA) is 45.5 Å². The van der Waals surface area contributed by atoms with Crippen LogP contribution in [0.3, 0.4) is 0 Å². The summed E-state index contributed by atoms with van der Waals surface area (Å²) in [5.74, 6) is -0.122. The van der Waals surface area contributed by atoms with Gasteiger partial charge in [-0.05, 0) is 55.0 Å². The molecule has 0 saturated heterocycles. The molecule has 0 atom stereocenters. The third kappa shape index (κ3) is 3.04. The van der Waals surface area contributed by atoms with Gasteiger partial charge in [-0.1, -0.05) is 12.5 Å². The molecule has 4 nitrogen and oxygen atoms in total. The van der Waals surface area contributed by atoms with E-state index in [0.717, 1.165) is 31.1 Å². The van der Waals surface area contributed by atoms with Gasteiger partial charge in [-0.15, -0.1) is 0 Å². The van der Waals surface area contributed by atoms with Crippen molar-refractivity contribution in [2.24, 2.45) is 0 Å². The van der Waals surface area contributed by atoms with Crippen LogP contribution in [0.25, 0.3) is 0 Å². The fourth-order valence-electron chi connectivity index (χ4n) is 3.53. The zero-order valence-corrected chi connectivity index (χ0v) is 13.3. The van der Waals surface area contributed by atoms with Crippen molar-refractivity contribution in [3.8, 4) is 0 Å². The maximum atomic E-state index is 12.1. The minimum atomic E-state index is -0.122. The van der Waals surface area contributed by atoms with Gasteiger partial charge in [0.15, 0.2) is 0 Å². The van der Waals surface area contributed by atoms with Crippen molar-refractivity contribution in [3.05, 3.63) is 53.5 Å². The lowest BCUT2D eigenvalue weighted by atomic mass is 9.91. The minimum absolute atomic E-state index is 0.122. The molecule has 1 amide bonds. The molecule has 1 aliphatic carbocycles. The van der Waals surface area contributed by atoms with E-state index in [0.29, 0.717) is 5.56 Å². The largest absolute Gasteiger partial charge is 0.472 e. The lowest BCUT2D eigenvalue weighted by Crippen LogP contribution is -2.41. The van der Waals surface area contributed by atoms with Gasteiger partial charge in [-0.2, -0.15) is 0 Å². The number of carbonyl (C=O) groups excluding carboxylic acids is 1. The van der Waals surface area contributed by atoms with Gasteiger partial charge in [0.1, 0.15) is 6.26 Å². The van der Waals surface area contributed by atoms with Crippen LogP contribution in [0, 0.1) is 0 Å². The van der Waals surface area contributed by atoms with Crippen molar-refractivity contribution in [1.29, 1.82) is 0 Å². The molecule has 2 aliphatic rings. The average Bonchev–Trinajstić information content (AvgIpc) is 2.96. The third-order valence-corrected chi connectivity index (χ3v) is 5.18. The molecule has 1 fully saturated rings. The molecule has 4 heteroatoms. The number of carbonyl (C=O) groups is 1. The van der Waals surface area contributed by atoms with Gasteiger partial charge in [0.05, 0.1) is 11.8 Å².